The minimum absolute atomic E-state index is 0.199. The van der Waals surface area contributed by atoms with E-state index in [1.54, 1.807) is 37.6 Å². The molecular weight excluding hydrogens is 500 g/mol. The number of methoxy groups -OCH3 is 1. The van der Waals surface area contributed by atoms with Crippen molar-refractivity contribution >= 4 is 22.4 Å². The molecule has 1 heterocycles. The lowest BCUT2D eigenvalue weighted by Gasteiger charge is -2.21. The lowest BCUT2D eigenvalue weighted by Crippen LogP contribution is -2.33. The number of hydrogen-bond acceptors (Lipinski definition) is 6. The van der Waals surface area contributed by atoms with E-state index in [-0.39, 0.29) is 5.91 Å². The van der Waals surface area contributed by atoms with Gasteiger partial charge in [-0.05, 0) is 70.6 Å². The smallest absolute Gasteiger partial charge is 0.247 e. The van der Waals surface area contributed by atoms with Crippen molar-refractivity contribution in [1.82, 2.24) is 10.3 Å². The summed E-state index contributed by atoms with van der Waals surface area (Å²) in [6, 6.07) is 31.7. The number of anilines is 1. The first-order valence-electron chi connectivity index (χ1n) is 12.8. The second kappa shape index (κ2) is 12.5. The molecule has 0 bridgehead atoms. The van der Waals surface area contributed by atoms with E-state index in [0.717, 1.165) is 21.9 Å². The molecule has 198 valence electrons. The van der Waals surface area contributed by atoms with Gasteiger partial charge in [0.05, 0.1) is 18.7 Å². The summed E-state index contributed by atoms with van der Waals surface area (Å²) in [6.07, 6.45) is 3.60. The molecule has 5 aromatic rings. The Kier molecular flexibility index (Phi) is 8.18. The number of hydrogen-bond donors (Lipinski definition) is 2. The van der Waals surface area contributed by atoms with Crippen LogP contribution in [0.4, 0.5) is 5.69 Å². The van der Waals surface area contributed by atoms with Crippen molar-refractivity contribution in [2.45, 2.75) is 19.2 Å². The van der Waals surface area contributed by atoms with Crippen LogP contribution in [0.15, 0.2) is 109 Å². The monoisotopic (exact) mass is 528 g/mol. The molecule has 0 aliphatic carbocycles. The van der Waals surface area contributed by atoms with E-state index < -0.39 is 6.04 Å². The summed E-state index contributed by atoms with van der Waals surface area (Å²) in [6.45, 7) is 0.754. The van der Waals surface area contributed by atoms with Gasteiger partial charge < -0.3 is 20.1 Å². The van der Waals surface area contributed by atoms with E-state index in [4.69, 9.17) is 14.7 Å². The van der Waals surface area contributed by atoms with Crippen LogP contribution in [-0.4, -0.2) is 18.0 Å². The SMILES string of the molecule is COc1cc(C(Nc2ccc(C#N)cc2)C(=O)NCc2ccccc2)ccc1OCc1ccc2cnccc2c1. The molecule has 1 atom stereocenters. The summed E-state index contributed by atoms with van der Waals surface area (Å²) in [5.74, 6) is 0.891. The fraction of sp³-hybridized carbons (Fsp3) is 0.121. The van der Waals surface area contributed by atoms with Crippen molar-refractivity contribution < 1.29 is 14.3 Å². The van der Waals surface area contributed by atoms with E-state index in [1.165, 1.54) is 0 Å². The van der Waals surface area contributed by atoms with Crippen LogP contribution in [0.5, 0.6) is 11.5 Å². The lowest BCUT2D eigenvalue weighted by atomic mass is 10.0. The minimum atomic E-state index is -0.714. The summed E-state index contributed by atoms with van der Waals surface area (Å²) < 4.78 is 11.8. The molecule has 0 aliphatic heterocycles. The molecule has 0 saturated heterocycles. The Labute approximate surface area is 233 Å². The Balaban J connectivity index is 1.36. The van der Waals surface area contributed by atoms with Gasteiger partial charge >= 0.3 is 0 Å². The topological polar surface area (TPSA) is 96.3 Å². The van der Waals surface area contributed by atoms with Crippen molar-refractivity contribution in [1.29, 1.82) is 5.26 Å². The molecule has 0 spiro atoms. The quantitative estimate of drug-likeness (QED) is 0.225. The number of nitriles is 1. The number of benzene rings is 4. The molecule has 0 aliphatic rings. The number of aromatic nitrogens is 1. The molecule has 0 radical (unpaired) electrons. The Bertz CT molecular complexity index is 1650. The third-order valence-electron chi connectivity index (χ3n) is 6.52. The van der Waals surface area contributed by atoms with Gasteiger partial charge in [-0.2, -0.15) is 5.26 Å². The maximum absolute atomic E-state index is 13.4. The first kappa shape index (κ1) is 26.3. The van der Waals surface area contributed by atoms with Crippen molar-refractivity contribution in [2.24, 2.45) is 0 Å². The Morgan fingerprint density at radius 2 is 1.73 bits per heavy atom. The molecule has 7 heteroatoms. The molecule has 1 amide bonds. The second-order valence-electron chi connectivity index (χ2n) is 9.23. The highest BCUT2D eigenvalue weighted by Crippen LogP contribution is 2.32. The Hall–Kier alpha value is -5.35. The number of fused-ring (bicyclic) bond motifs is 1. The van der Waals surface area contributed by atoms with Gasteiger partial charge in [0.25, 0.3) is 0 Å². The van der Waals surface area contributed by atoms with Crippen molar-refractivity contribution in [2.75, 3.05) is 12.4 Å². The van der Waals surface area contributed by atoms with Crippen LogP contribution in [0, 0.1) is 11.3 Å². The highest BCUT2D eigenvalue weighted by atomic mass is 16.5. The summed E-state index contributed by atoms with van der Waals surface area (Å²) in [5.41, 5.74) is 3.98. The number of ether oxygens (including phenoxy) is 2. The number of rotatable bonds is 10. The molecule has 1 aromatic heterocycles. The van der Waals surface area contributed by atoms with Crippen LogP contribution in [0.25, 0.3) is 10.8 Å². The van der Waals surface area contributed by atoms with E-state index in [0.29, 0.717) is 41.5 Å². The van der Waals surface area contributed by atoms with Crippen LogP contribution < -0.4 is 20.1 Å². The van der Waals surface area contributed by atoms with Gasteiger partial charge in [0.15, 0.2) is 11.5 Å². The maximum atomic E-state index is 13.4. The van der Waals surface area contributed by atoms with Crippen LogP contribution >= 0.6 is 0 Å². The lowest BCUT2D eigenvalue weighted by molar-refractivity contribution is -0.122. The van der Waals surface area contributed by atoms with E-state index in [9.17, 15) is 4.79 Å². The molecule has 0 saturated carbocycles. The second-order valence-corrected chi connectivity index (χ2v) is 9.23. The van der Waals surface area contributed by atoms with Gasteiger partial charge in [0.2, 0.25) is 5.91 Å². The third-order valence-corrected chi connectivity index (χ3v) is 6.52. The standard InChI is InChI=1S/C33H28N4O3/c1-39-31-18-27(11-14-30(31)40-22-25-7-10-28-21-35-16-15-26(28)17-25)32(37-29-12-8-23(19-34)9-13-29)33(38)36-20-24-5-3-2-4-6-24/h2-18,21,32,37H,20,22H2,1H3,(H,36,38). The van der Waals surface area contributed by atoms with Crippen LogP contribution in [0.2, 0.25) is 0 Å². The molecule has 40 heavy (non-hydrogen) atoms. The van der Waals surface area contributed by atoms with Crippen molar-refractivity contribution in [3.8, 4) is 17.6 Å². The number of pyridine rings is 1. The highest BCUT2D eigenvalue weighted by Gasteiger charge is 2.22. The average Bonchev–Trinajstić information content (AvgIpc) is 3.02. The predicted molar refractivity (Wildman–Crippen MR) is 155 cm³/mol. The van der Waals surface area contributed by atoms with E-state index in [1.807, 2.05) is 72.9 Å². The summed E-state index contributed by atoms with van der Waals surface area (Å²) in [5, 5.41) is 17.6. The number of carbonyl (C=O) groups is 1. The zero-order valence-electron chi connectivity index (χ0n) is 22.0. The normalized spacial score (nSPS) is 11.3. The average molecular weight is 529 g/mol. The van der Waals surface area contributed by atoms with Gasteiger partial charge in [-0.1, -0.05) is 48.5 Å². The summed E-state index contributed by atoms with van der Waals surface area (Å²) in [4.78, 5) is 17.6. The molecular formula is C33H28N4O3. The molecule has 7 nitrogen and oxygen atoms in total. The van der Waals surface area contributed by atoms with Gasteiger partial charge in [0.1, 0.15) is 12.6 Å². The molecule has 0 fully saturated rings. The first-order chi connectivity index (χ1) is 19.6. The van der Waals surface area contributed by atoms with E-state index in [2.05, 4.69) is 27.8 Å². The van der Waals surface area contributed by atoms with Gasteiger partial charge in [0, 0.05) is 30.0 Å². The predicted octanol–water partition coefficient (Wildman–Crippen LogP) is 6.16. The van der Waals surface area contributed by atoms with Crippen molar-refractivity contribution in [3.05, 3.63) is 132 Å². The molecule has 2 N–H and O–H groups in total. The van der Waals surface area contributed by atoms with Gasteiger partial charge in [-0.3, -0.25) is 9.78 Å². The largest absolute Gasteiger partial charge is 0.493 e. The van der Waals surface area contributed by atoms with Crippen LogP contribution in [-0.2, 0) is 17.9 Å². The zero-order chi connectivity index (χ0) is 27.7. The molecule has 5 rings (SSSR count). The van der Waals surface area contributed by atoms with Crippen LogP contribution in [0.1, 0.15) is 28.3 Å². The van der Waals surface area contributed by atoms with Crippen LogP contribution in [0.3, 0.4) is 0 Å². The number of amides is 1. The summed E-state index contributed by atoms with van der Waals surface area (Å²) in [7, 11) is 1.58. The van der Waals surface area contributed by atoms with Crippen molar-refractivity contribution in [3.63, 3.8) is 0 Å². The Morgan fingerprint density at radius 1 is 0.900 bits per heavy atom. The maximum Gasteiger partial charge on any atom is 0.247 e. The third kappa shape index (κ3) is 6.37. The Morgan fingerprint density at radius 3 is 2.50 bits per heavy atom. The number of nitrogens with zero attached hydrogens (tertiary/aromatic N) is 2. The number of nitrogens with one attached hydrogen (secondary N) is 2. The highest BCUT2D eigenvalue weighted by molar-refractivity contribution is 5.86. The fourth-order valence-electron chi connectivity index (χ4n) is 4.36. The summed E-state index contributed by atoms with van der Waals surface area (Å²) >= 11 is 0. The fourth-order valence-corrected chi connectivity index (χ4v) is 4.36. The van der Waals surface area contributed by atoms with Gasteiger partial charge in [-0.15, -0.1) is 0 Å². The molecule has 1 unspecified atom stereocenters. The first-order valence-corrected chi connectivity index (χ1v) is 12.8. The zero-order valence-corrected chi connectivity index (χ0v) is 22.0. The number of carbonyl (C=O) groups excluding carboxylic acids is 1. The molecule has 4 aromatic carbocycles. The van der Waals surface area contributed by atoms with E-state index >= 15 is 0 Å². The van der Waals surface area contributed by atoms with Gasteiger partial charge in [-0.25, -0.2) is 0 Å². The minimum Gasteiger partial charge on any atom is -0.493 e.